The molecule has 3 N–H and O–H groups in total. The second-order valence-electron chi connectivity index (χ2n) is 13.3. The summed E-state index contributed by atoms with van der Waals surface area (Å²) in [5.41, 5.74) is 0.311. The van der Waals surface area contributed by atoms with Gasteiger partial charge in [0.05, 0.1) is 17.6 Å². The number of unbranched alkanes of at least 4 members (excludes halogenated alkanes) is 8. The summed E-state index contributed by atoms with van der Waals surface area (Å²) in [4.78, 5) is 22.8. The molecule has 9 heteroatoms. The maximum atomic E-state index is 12.4. The normalized spacial score (nSPS) is 14.2. The standard InChI is InChI=1S/C37H52ClN2O5P/c1-37(2,3)46(38,32-19-13-11-14-20-32,33-21-15-12-16-22-33)28-18-10-8-6-4-5-7-9-17-23-35(42)39-34(29-41)36(43)30-24-26-31(27-25-30)40(44)45/h11-16,19-22,24-27,34,36,41,43H,4-10,17-18,23,28-29H2,1-3H3,(H,39,42)/t34-,36-/m1/s1. The first-order chi connectivity index (χ1) is 21.9. The number of nitrogens with one attached hydrogen (secondary N) is 1. The number of carbonyl (C=O) groups excluding carboxylic acids is 1. The van der Waals surface area contributed by atoms with Gasteiger partial charge in [-0.1, -0.05) is 0 Å². The van der Waals surface area contributed by atoms with Crippen molar-refractivity contribution in [3.63, 3.8) is 0 Å². The Morgan fingerprint density at radius 3 is 1.70 bits per heavy atom. The number of aliphatic hydroxyl groups is 2. The Hall–Kier alpha value is -2.83. The van der Waals surface area contributed by atoms with Gasteiger partial charge in [-0.05, 0) is 17.7 Å². The third-order valence-corrected chi connectivity index (χ3v) is 19.2. The van der Waals surface area contributed by atoms with Crippen molar-refractivity contribution in [1.29, 1.82) is 0 Å². The summed E-state index contributed by atoms with van der Waals surface area (Å²) in [5.74, 6) is -3.24. The van der Waals surface area contributed by atoms with Crippen LogP contribution in [0.1, 0.15) is 96.6 Å². The third-order valence-electron chi connectivity index (χ3n) is 9.34. The quantitative estimate of drug-likeness (QED) is 0.0516. The van der Waals surface area contributed by atoms with E-state index in [4.69, 9.17) is 11.2 Å². The predicted octanol–water partition coefficient (Wildman–Crippen LogP) is 8.16. The topological polar surface area (TPSA) is 113 Å². The van der Waals surface area contributed by atoms with Gasteiger partial charge in [-0.25, -0.2) is 0 Å². The molecule has 0 radical (unpaired) electrons. The molecular formula is C37H52ClN2O5P. The third kappa shape index (κ3) is 9.16. The summed E-state index contributed by atoms with van der Waals surface area (Å²) in [6.45, 7) is 6.47. The van der Waals surface area contributed by atoms with E-state index in [0.29, 0.717) is 12.0 Å². The van der Waals surface area contributed by atoms with E-state index in [0.717, 1.165) is 44.7 Å². The minimum absolute atomic E-state index is 0.0870. The molecule has 3 aromatic rings. The first kappa shape index (κ1) is 37.6. The van der Waals surface area contributed by atoms with E-state index >= 15 is 0 Å². The monoisotopic (exact) mass is 670 g/mol. The molecule has 46 heavy (non-hydrogen) atoms. The van der Waals surface area contributed by atoms with Crippen LogP contribution in [0.2, 0.25) is 0 Å². The average molecular weight is 671 g/mol. The molecule has 0 unspecified atom stereocenters. The van der Waals surface area contributed by atoms with E-state index in [-0.39, 0.29) is 16.8 Å². The van der Waals surface area contributed by atoms with Crippen molar-refractivity contribution in [2.45, 2.75) is 102 Å². The van der Waals surface area contributed by atoms with Gasteiger partial charge in [0, 0.05) is 12.1 Å². The van der Waals surface area contributed by atoms with Crippen molar-refractivity contribution in [2.75, 3.05) is 12.8 Å². The maximum absolute atomic E-state index is 12.4. The predicted molar refractivity (Wildman–Crippen MR) is 193 cm³/mol. The first-order valence-electron chi connectivity index (χ1n) is 16.6. The van der Waals surface area contributed by atoms with E-state index < -0.39 is 29.6 Å². The van der Waals surface area contributed by atoms with Crippen LogP contribution in [0.3, 0.4) is 0 Å². The van der Waals surface area contributed by atoms with Gasteiger partial charge in [0.25, 0.3) is 5.69 Å². The molecule has 0 heterocycles. The second-order valence-corrected chi connectivity index (χ2v) is 20.8. The number of rotatable bonds is 19. The summed E-state index contributed by atoms with van der Waals surface area (Å²) >= 11 is 8.11. The van der Waals surface area contributed by atoms with Crippen LogP contribution < -0.4 is 15.9 Å². The van der Waals surface area contributed by atoms with Gasteiger partial charge in [0.15, 0.2) is 0 Å². The minimum atomic E-state index is -3.02. The van der Waals surface area contributed by atoms with Gasteiger partial charge < -0.3 is 15.5 Å². The van der Waals surface area contributed by atoms with Gasteiger partial charge >= 0.3 is 191 Å². The molecule has 1 amide bonds. The molecule has 2 atom stereocenters. The number of nitro groups is 1. The number of hydrogen-bond donors (Lipinski definition) is 3. The summed E-state index contributed by atoms with van der Waals surface area (Å²) in [6, 6.07) is 26.1. The Labute approximate surface area is 279 Å². The van der Waals surface area contributed by atoms with E-state index in [2.05, 4.69) is 86.8 Å². The van der Waals surface area contributed by atoms with Crippen molar-refractivity contribution >= 4 is 39.4 Å². The Bertz CT molecular complexity index is 1330. The molecule has 0 saturated carbocycles. The number of nitrogens with zero attached hydrogens (tertiary/aromatic N) is 1. The number of halogens is 1. The van der Waals surface area contributed by atoms with Crippen LogP contribution in [0, 0.1) is 10.1 Å². The number of amides is 1. The van der Waals surface area contributed by atoms with E-state index in [9.17, 15) is 25.1 Å². The number of benzene rings is 3. The molecule has 0 spiro atoms. The molecule has 0 aliphatic rings. The Balaban J connectivity index is 1.36. The van der Waals surface area contributed by atoms with Crippen LogP contribution in [-0.4, -0.2) is 45.0 Å². The van der Waals surface area contributed by atoms with Gasteiger partial charge in [-0.3, -0.25) is 14.9 Å². The van der Waals surface area contributed by atoms with Crippen LogP contribution in [0.25, 0.3) is 0 Å². The second kappa shape index (κ2) is 17.4. The number of aliphatic hydroxyl groups excluding tert-OH is 2. The summed E-state index contributed by atoms with van der Waals surface area (Å²) in [7, 11) is 0. The average Bonchev–Trinajstić information content (AvgIpc) is 3.06. The SMILES string of the molecule is CC(C)(C)P(Cl)(CCCCCCCCCCCC(=O)N[C@H](CO)[C@H](O)c1ccc([N+](=O)[O-])cc1)(c1ccccc1)c1ccccc1. The molecule has 0 aliphatic heterocycles. The van der Waals surface area contributed by atoms with Gasteiger partial charge in [-0.2, -0.15) is 0 Å². The Kier molecular flexibility index (Phi) is 14.2. The zero-order chi connectivity index (χ0) is 33.7. The van der Waals surface area contributed by atoms with Crippen molar-refractivity contribution in [3.8, 4) is 0 Å². The summed E-state index contributed by atoms with van der Waals surface area (Å²) in [6.07, 6.45) is 9.80. The first-order valence-corrected chi connectivity index (χ1v) is 19.9. The molecule has 0 aliphatic carbocycles. The van der Waals surface area contributed by atoms with Crippen molar-refractivity contribution in [1.82, 2.24) is 5.32 Å². The molecule has 0 aromatic heterocycles. The fourth-order valence-corrected chi connectivity index (χ4v) is 12.9. The fraction of sp³-hybridized carbons (Fsp3) is 0.486. The molecular weight excluding hydrogens is 619 g/mol. The molecule has 0 bridgehead atoms. The van der Waals surface area contributed by atoms with E-state index in [1.807, 2.05) is 0 Å². The number of carbonyl (C=O) groups is 1. The number of hydrogen-bond acceptors (Lipinski definition) is 5. The van der Waals surface area contributed by atoms with E-state index in [1.165, 1.54) is 54.1 Å². The zero-order valence-electron chi connectivity index (χ0n) is 27.6. The van der Waals surface area contributed by atoms with Gasteiger partial charge in [0.1, 0.15) is 6.10 Å². The van der Waals surface area contributed by atoms with Crippen molar-refractivity contribution in [2.24, 2.45) is 0 Å². The van der Waals surface area contributed by atoms with Crippen LogP contribution in [0.15, 0.2) is 84.9 Å². The summed E-state index contributed by atoms with van der Waals surface area (Å²) in [5, 5.41) is 36.2. The van der Waals surface area contributed by atoms with Crippen LogP contribution in [0.4, 0.5) is 5.69 Å². The molecule has 3 aromatic carbocycles. The van der Waals surface area contributed by atoms with E-state index in [1.54, 1.807) is 0 Å². The molecule has 252 valence electrons. The van der Waals surface area contributed by atoms with Crippen LogP contribution >= 0.6 is 17.2 Å². The van der Waals surface area contributed by atoms with Gasteiger partial charge in [0.2, 0.25) is 0 Å². The van der Waals surface area contributed by atoms with Crippen LogP contribution in [-0.2, 0) is 4.79 Å². The van der Waals surface area contributed by atoms with Crippen LogP contribution in [0.5, 0.6) is 0 Å². The summed E-state index contributed by atoms with van der Waals surface area (Å²) < 4.78 is 0. The molecule has 7 nitrogen and oxygen atoms in total. The van der Waals surface area contributed by atoms with Crippen molar-refractivity contribution < 1.29 is 19.9 Å². The van der Waals surface area contributed by atoms with Crippen molar-refractivity contribution in [3.05, 3.63) is 101 Å². The molecule has 0 fully saturated rings. The zero-order valence-corrected chi connectivity index (χ0v) is 29.3. The number of nitro benzene ring substituents is 1. The fourth-order valence-electron chi connectivity index (χ4n) is 6.46. The Morgan fingerprint density at radius 1 is 0.804 bits per heavy atom. The molecule has 3 rings (SSSR count). The molecule has 0 saturated heterocycles. The Morgan fingerprint density at radius 2 is 1.26 bits per heavy atom. The van der Waals surface area contributed by atoms with Gasteiger partial charge in [-0.15, -0.1) is 0 Å². The number of non-ortho nitro benzene ring substituents is 1.